The Labute approximate surface area is 140 Å². The molecule has 2 heterocycles. The van der Waals surface area contributed by atoms with Crippen LogP contribution in [0.25, 0.3) is 0 Å². The standard InChI is InChI=1S/C16H24N2O4S/c1-10-11(2)23-14(17-10)8-13(19)12-9-21-7-6-18(12)15(20)22-16(3,4)5/h12H,6-9H2,1-5H3. The molecular weight excluding hydrogens is 316 g/mol. The van der Waals surface area contributed by atoms with Crippen LogP contribution >= 0.6 is 11.3 Å². The van der Waals surface area contributed by atoms with Gasteiger partial charge in [-0.3, -0.25) is 9.69 Å². The molecule has 0 radical (unpaired) electrons. The van der Waals surface area contributed by atoms with Gasteiger partial charge in [0.05, 0.1) is 25.3 Å². The summed E-state index contributed by atoms with van der Waals surface area (Å²) in [7, 11) is 0. The minimum Gasteiger partial charge on any atom is -0.444 e. The Hall–Kier alpha value is -1.47. The van der Waals surface area contributed by atoms with Gasteiger partial charge in [0.15, 0.2) is 5.78 Å². The van der Waals surface area contributed by atoms with E-state index in [4.69, 9.17) is 9.47 Å². The molecule has 0 N–H and O–H groups in total. The number of morpholine rings is 1. The quantitative estimate of drug-likeness (QED) is 0.846. The van der Waals surface area contributed by atoms with Crippen molar-refractivity contribution >= 4 is 23.2 Å². The maximum absolute atomic E-state index is 12.6. The summed E-state index contributed by atoms with van der Waals surface area (Å²) in [6, 6.07) is -0.608. The molecule has 6 nitrogen and oxygen atoms in total. The molecule has 1 aliphatic heterocycles. The van der Waals surface area contributed by atoms with Crippen molar-refractivity contribution in [3.63, 3.8) is 0 Å². The first-order valence-corrected chi connectivity index (χ1v) is 8.52. The van der Waals surface area contributed by atoms with Crippen LogP contribution < -0.4 is 0 Å². The van der Waals surface area contributed by atoms with Gasteiger partial charge >= 0.3 is 6.09 Å². The lowest BCUT2D eigenvalue weighted by Crippen LogP contribution is -2.54. The highest BCUT2D eigenvalue weighted by atomic mass is 32.1. The molecule has 1 aromatic heterocycles. The molecule has 1 unspecified atom stereocenters. The van der Waals surface area contributed by atoms with Gasteiger partial charge in [-0.2, -0.15) is 0 Å². The van der Waals surface area contributed by atoms with Crippen molar-refractivity contribution in [2.24, 2.45) is 0 Å². The molecule has 0 saturated carbocycles. The highest BCUT2D eigenvalue weighted by Crippen LogP contribution is 2.20. The molecule has 1 amide bonds. The highest BCUT2D eigenvalue weighted by molar-refractivity contribution is 7.11. The summed E-state index contributed by atoms with van der Waals surface area (Å²) in [5.74, 6) is -0.0655. The predicted molar refractivity (Wildman–Crippen MR) is 87.8 cm³/mol. The molecule has 1 atom stereocenters. The summed E-state index contributed by atoms with van der Waals surface area (Å²) in [5, 5.41) is 0.778. The first-order valence-electron chi connectivity index (χ1n) is 7.70. The van der Waals surface area contributed by atoms with E-state index in [1.165, 1.54) is 16.2 Å². The van der Waals surface area contributed by atoms with Crippen molar-refractivity contribution in [3.8, 4) is 0 Å². The van der Waals surface area contributed by atoms with E-state index in [1.807, 2.05) is 34.6 Å². The van der Waals surface area contributed by atoms with Crippen LogP contribution in [0.3, 0.4) is 0 Å². The zero-order valence-electron chi connectivity index (χ0n) is 14.3. The van der Waals surface area contributed by atoms with Gasteiger partial charge in [0.2, 0.25) is 0 Å². The van der Waals surface area contributed by atoms with E-state index in [1.54, 1.807) is 0 Å². The Kier molecular flexibility index (Phi) is 5.41. The fraction of sp³-hybridized carbons (Fsp3) is 0.688. The van der Waals surface area contributed by atoms with Crippen molar-refractivity contribution in [1.82, 2.24) is 9.88 Å². The number of carbonyl (C=O) groups is 2. The number of ether oxygens (including phenoxy) is 2. The number of ketones is 1. The molecule has 2 rings (SSSR count). The molecule has 0 bridgehead atoms. The first-order chi connectivity index (χ1) is 10.7. The number of aryl methyl sites for hydroxylation is 2. The number of amides is 1. The average Bonchev–Trinajstić information content (AvgIpc) is 2.75. The maximum Gasteiger partial charge on any atom is 0.411 e. The largest absolute Gasteiger partial charge is 0.444 e. The van der Waals surface area contributed by atoms with Crippen molar-refractivity contribution < 1.29 is 19.1 Å². The summed E-state index contributed by atoms with van der Waals surface area (Å²) in [6.45, 7) is 10.3. The number of Topliss-reactive ketones (excluding diaryl/α,β-unsaturated/α-hetero) is 1. The number of nitrogens with zero attached hydrogens (tertiary/aromatic N) is 2. The van der Waals surface area contributed by atoms with Crippen LogP contribution in [0.15, 0.2) is 0 Å². The van der Waals surface area contributed by atoms with E-state index in [0.29, 0.717) is 13.2 Å². The second-order valence-corrected chi connectivity index (χ2v) is 7.94. The van der Waals surface area contributed by atoms with Crippen LogP contribution in [0.4, 0.5) is 4.79 Å². The van der Waals surface area contributed by atoms with Gasteiger partial charge in [-0.15, -0.1) is 11.3 Å². The van der Waals surface area contributed by atoms with Crippen LogP contribution in [0.2, 0.25) is 0 Å². The summed E-state index contributed by atoms with van der Waals surface area (Å²) in [5.41, 5.74) is 0.355. The number of thiazole rings is 1. The smallest absolute Gasteiger partial charge is 0.411 e. The number of aromatic nitrogens is 1. The lowest BCUT2D eigenvalue weighted by Gasteiger charge is -2.35. The Morgan fingerprint density at radius 2 is 2.09 bits per heavy atom. The normalized spacial score (nSPS) is 18.8. The first kappa shape index (κ1) is 17.9. The van der Waals surface area contributed by atoms with Crippen molar-refractivity contribution in [2.45, 2.75) is 52.7 Å². The van der Waals surface area contributed by atoms with Crippen molar-refractivity contribution in [3.05, 3.63) is 15.6 Å². The van der Waals surface area contributed by atoms with E-state index < -0.39 is 17.7 Å². The average molecular weight is 340 g/mol. The topological polar surface area (TPSA) is 68.7 Å². The molecule has 1 fully saturated rings. The van der Waals surface area contributed by atoms with Gasteiger partial charge in [-0.25, -0.2) is 9.78 Å². The fourth-order valence-corrected chi connectivity index (χ4v) is 3.23. The summed E-state index contributed by atoms with van der Waals surface area (Å²) < 4.78 is 10.8. The van der Waals surface area contributed by atoms with Crippen LogP contribution in [0.1, 0.15) is 36.3 Å². The van der Waals surface area contributed by atoms with Gasteiger partial charge < -0.3 is 9.47 Å². The van der Waals surface area contributed by atoms with E-state index in [2.05, 4.69) is 4.98 Å². The number of carbonyl (C=O) groups excluding carboxylic acids is 2. The van der Waals surface area contributed by atoms with Gasteiger partial charge in [-0.05, 0) is 34.6 Å². The van der Waals surface area contributed by atoms with Gasteiger partial charge in [-0.1, -0.05) is 0 Å². The number of hydrogen-bond acceptors (Lipinski definition) is 6. The molecule has 0 aromatic carbocycles. The highest BCUT2D eigenvalue weighted by Gasteiger charge is 2.35. The molecule has 7 heteroatoms. The number of hydrogen-bond donors (Lipinski definition) is 0. The fourth-order valence-electron chi connectivity index (χ4n) is 2.29. The third-order valence-electron chi connectivity index (χ3n) is 3.53. The number of rotatable bonds is 3. The van der Waals surface area contributed by atoms with E-state index in [0.717, 1.165) is 15.6 Å². The SMILES string of the molecule is Cc1nc(CC(=O)C2COCCN2C(=O)OC(C)(C)C)sc1C. The lowest BCUT2D eigenvalue weighted by molar-refractivity contribution is -0.129. The maximum atomic E-state index is 12.6. The summed E-state index contributed by atoms with van der Waals surface area (Å²) in [6.07, 6.45) is -0.252. The molecule has 1 aliphatic rings. The zero-order valence-corrected chi connectivity index (χ0v) is 15.2. The Morgan fingerprint density at radius 3 is 2.65 bits per heavy atom. The molecule has 23 heavy (non-hydrogen) atoms. The second kappa shape index (κ2) is 6.97. The molecule has 1 aromatic rings. The van der Waals surface area contributed by atoms with Crippen molar-refractivity contribution in [2.75, 3.05) is 19.8 Å². The Morgan fingerprint density at radius 1 is 1.39 bits per heavy atom. The third kappa shape index (κ3) is 4.75. The second-order valence-electron chi connectivity index (χ2n) is 6.66. The molecular formula is C16H24N2O4S. The summed E-state index contributed by atoms with van der Waals surface area (Å²) >= 11 is 1.52. The van der Waals surface area contributed by atoms with E-state index in [9.17, 15) is 9.59 Å². The van der Waals surface area contributed by atoms with E-state index >= 15 is 0 Å². The zero-order chi connectivity index (χ0) is 17.2. The minimum absolute atomic E-state index is 0.0655. The molecule has 0 aliphatic carbocycles. The van der Waals surface area contributed by atoms with Crippen LogP contribution in [0, 0.1) is 13.8 Å². The third-order valence-corrected chi connectivity index (χ3v) is 4.60. The van der Waals surface area contributed by atoms with Gasteiger partial charge in [0.1, 0.15) is 16.7 Å². The lowest BCUT2D eigenvalue weighted by atomic mass is 10.1. The van der Waals surface area contributed by atoms with Gasteiger partial charge in [0.25, 0.3) is 0 Å². The molecule has 128 valence electrons. The van der Waals surface area contributed by atoms with Crippen molar-refractivity contribution in [1.29, 1.82) is 0 Å². The predicted octanol–water partition coefficient (Wildman–Crippen LogP) is 2.51. The minimum atomic E-state index is -0.608. The Bertz CT molecular complexity index is 572. The summed E-state index contributed by atoms with van der Waals surface area (Å²) in [4.78, 5) is 31.9. The van der Waals surface area contributed by atoms with Crippen LogP contribution in [-0.4, -0.2) is 53.2 Å². The van der Waals surface area contributed by atoms with Crippen LogP contribution in [-0.2, 0) is 20.7 Å². The van der Waals surface area contributed by atoms with Crippen LogP contribution in [0.5, 0.6) is 0 Å². The van der Waals surface area contributed by atoms with E-state index in [-0.39, 0.29) is 18.8 Å². The monoisotopic (exact) mass is 340 g/mol. The Balaban J connectivity index is 2.07. The molecule has 0 spiro atoms. The van der Waals surface area contributed by atoms with Gasteiger partial charge in [0, 0.05) is 11.4 Å². The molecule has 1 saturated heterocycles.